The Balaban J connectivity index is 2.48. The molecule has 0 fully saturated rings. The first-order valence-corrected chi connectivity index (χ1v) is 4.98. The van der Waals surface area contributed by atoms with Crippen molar-refractivity contribution in [1.82, 2.24) is 10.7 Å². The molecule has 0 aliphatic rings. The van der Waals surface area contributed by atoms with E-state index >= 15 is 0 Å². The first-order valence-electron chi connectivity index (χ1n) is 4.60. The number of carbonyl (C=O) groups is 1. The van der Waals surface area contributed by atoms with Crippen LogP contribution in [0.1, 0.15) is 5.56 Å². The van der Waals surface area contributed by atoms with Gasteiger partial charge >= 0.3 is 6.09 Å². The maximum atomic E-state index is 10.7. The van der Waals surface area contributed by atoms with E-state index in [-0.39, 0.29) is 5.96 Å². The summed E-state index contributed by atoms with van der Waals surface area (Å²) in [4.78, 5) is 10.7. The number of methoxy groups -OCH3 is 1. The molecule has 0 spiro atoms. The molecule has 7 heteroatoms. The summed E-state index contributed by atoms with van der Waals surface area (Å²) < 4.78 is 4.30. The van der Waals surface area contributed by atoms with E-state index < -0.39 is 6.09 Å². The minimum Gasteiger partial charge on any atom is -0.453 e. The number of amides is 1. The molecule has 0 saturated carbocycles. The summed E-state index contributed by atoms with van der Waals surface area (Å²) in [7, 11) is 1.20. The fourth-order valence-corrected chi connectivity index (χ4v) is 1.11. The average Bonchev–Trinajstić information content (AvgIpc) is 2.31. The number of benzene rings is 1. The van der Waals surface area contributed by atoms with E-state index in [0.29, 0.717) is 10.6 Å². The second-order valence-electron chi connectivity index (χ2n) is 2.88. The SMILES string of the molecule is COC(=O)NC(=N)N/N=C/c1ccccc1Cl. The van der Waals surface area contributed by atoms with Crippen molar-refractivity contribution < 1.29 is 9.53 Å². The Kier molecular flexibility index (Phi) is 4.96. The largest absolute Gasteiger partial charge is 0.453 e. The van der Waals surface area contributed by atoms with Crippen molar-refractivity contribution >= 4 is 29.9 Å². The maximum absolute atomic E-state index is 10.7. The second kappa shape index (κ2) is 6.49. The summed E-state index contributed by atoms with van der Waals surface area (Å²) in [6.45, 7) is 0. The van der Waals surface area contributed by atoms with Crippen LogP contribution >= 0.6 is 11.6 Å². The molecule has 0 heterocycles. The van der Waals surface area contributed by atoms with Gasteiger partial charge in [-0.05, 0) is 6.07 Å². The quantitative estimate of drug-likeness (QED) is 0.425. The predicted octanol–water partition coefficient (Wildman–Crippen LogP) is 1.55. The summed E-state index contributed by atoms with van der Waals surface area (Å²) in [5.41, 5.74) is 3.01. The fraction of sp³-hybridized carbons (Fsp3) is 0.100. The molecular formula is C10H11ClN4O2. The molecule has 0 aliphatic carbocycles. The standard InChI is InChI=1S/C10H11ClN4O2/c1-17-10(16)14-9(12)15-13-6-7-4-2-3-5-8(7)11/h2-6H,1H3,(H3,12,14,15,16)/b13-6+. The molecule has 1 amide bonds. The van der Waals surface area contributed by atoms with Gasteiger partial charge in [0, 0.05) is 10.6 Å². The van der Waals surface area contributed by atoms with Crippen LogP contribution in [0.15, 0.2) is 29.4 Å². The lowest BCUT2D eigenvalue weighted by Gasteiger charge is -2.03. The molecule has 0 unspecified atom stereocenters. The number of nitrogens with zero attached hydrogens (tertiary/aromatic N) is 1. The first-order chi connectivity index (χ1) is 8.13. The van der Waals surface area contributed by atoms with Crippen LogP contribution in [0.25, 0.3) is 0 Å². The van der Waals surface area contributed by atoms with Crippen molar-refractivity contribution in [3.05, 3.63) is 34.9 Å². The molecule has 17 heavy (non-hydrogen) atoms. The van der Waals surface area contributed by atoms with Gasteiger partial charge < -0.3 is 4.74 Å². The molecule has 0 bridgehead atoms. The van der Waals surface area contributed by atoms with E-state index in [9.17, 15) is 4.79 Å². The number of halogens is 1. The Hall–Kier alpha value is -2.08. The zero-order valence-corrected chi connectivity index (χ0v) is 9.78. The lowest BCUT2D eigenvalue weighted by atomic mass is 10.2. The minimum absolute atomic E-state index is 0.292. The minimum atomic E-state index is -0.740. The van der Waals surface area contributed by atoms with Crippen molar-refractivity contribution in [3.8, 4) is 0 Å². The third-order valence-electron chi connectivity index (χ3n) is 1.70. The topological polar surface area (TPSA) is 86.6 Å². The molecule has 0 aliphatic heterocycles. The van der Waals surface area contributed by atoms with Crippen LogP contribution in [-0.2, 0) is 4.74 Å². The summed E-state index contributed by atoms with van der Waals surface area (Å²) >= 11 is 5.88. The predicted molar refractivity (Wildman–Crippen MR) is 65.4 cm³/mol. The molecule has 0 atom stereocenters. The van der Waals surface area contributed by atoms with E-state index in [2.05, 4.69) is 20.6 Å². The van der Waals surface area contributed by atoms with E-state index in [1.165, 1.54) is 13.3 Å². The first kappa shape index (κ1) is 13.0. The monoisotopic (exact) mass is 254 g/mol. The highest BCUT2D eigenvalue weighted by Gasteiger charge is 2.01. The van der Waals surface area contributed by atoms with Gasteiger partial charge in [0.1, 0.15) is 0 Å². The zero-order valence-electron chi connectivity index (χ0n) is 9.03. The molecule has 6 nitrogen and oxygen atoms in total. The Morgan fingerprint density at radius 3 is 2.88 bits per heavy atom. The lowest BCUT2D eigenvalue weighted by Crippen LogP contribution is -2.37. The van der Waals surface area contributed by atoms with Crippen molar-refractivity contribution in [3.63, 3.8) is 0 Å². The van der Waals surface area contributed by atoms with Gasteiger partial charge in [0.2, 0.25) is 5.96 Å². The molecule has 0 aromatic heterocycles. The van der Waals surface area contributed by atoms with Crippen LogP contribution in [0, 0.1) is 5.41 Å². The number of ether oxygens (including phenoxy) is 1. The third kappa shape index (κ3) is 4.52. The fourth-order valence-electron chi connectivity index (χ4n) is 0.927. The van der Waals surface area contributed by atoms with Crippen molar-refractivity contribution in [2.75, 3.05) is 7.11 Å². The Bertz CT molecular complexity index is 448. The summed E-state index contributed by atoms with van der Waals surface area (Å²) in [5, 5.41) is 13.6. The van der Waals surface area contributed by atoms with E-state index in [0.717, 1.165) is 0 Å². The van der Waals surface area contributed by atoms with Gasteiger partial charge in [-0.25, -0.2) is 10.2 Å². The molecule has 90 valence electrons. The highest BCUT2D eigenvalue weighted by atomic mass is 35.5. The van der Waals surface area contributed by atoms with Gasteiger partial charge in [0.25, 0.3) is 0 Å². The maximum Gasteiger partial charge on any atom is 0.413 e. The van der Waals surface area contributed by atoms with Crippen LogP contribution in [-0.4, -0.2) is 25.4 Å². The van der Waals surface area contributed by atoms with Crippen molar-refractivity contribution in [2.45, 2.75) is 0 Å². The number of alkyl carbamates (subject to hydrolysis) is 1. The molecule has 1 aromatic rings. The van der Waals surface area contributed by atoms with E-state index in [1.807, 2.05) is 6.07 Å². The van der Waals surface area contributed by atoms with Crippen LogP contribution in [0.2, 0.25) is 5.02 Å². The average molecular weight is 255 g/mol. The summed E-state index contributed by atoms with van der Waals surface area (Å²) in [6.07, 6.45) is 0.700. The molecule has 1 rings (SSSR count). The van der Waals surface area contributed by atoms with E-state index in [1.54, 1.807) is 18.2 Å². The van der Waals surface area contributed by atoms with Gasteiger partial charge in [0.05, 0.1) is 13.3 Å². The van der Waals surface area contributed by atoms with Gasteiger partial charge in [-0.3, -0.25) is 10.7 Å². The number of nitrogens with one attached hydrogen (secondary N) is 3. The molecular weight excluding hydrogens is 244 g/mol. The highest BCUT2D eigenvalue weighted by molar-refractivity contribution is 6.33. The second-order valence-corrected chi connectivity index (χ2v) is 3.29. The van der Waals surface area contributed by atoms with Crippen LogP contribution in [0.5, 0.6) is 0 Å². The summed E-state index contributed by atoms with van der Waals surface area (Å²) in [6, 6.07) is 7.10. The third-order valence-corrected chi connectivity index (χ3v) is 2.04. The number of hydrogen-bond acceptors (Lipinski definition) is 4. The normalized spacial score (nSPS) is 10.0. The number of carbonyl (C=O) groups excluding carboxylic acids is 1. The van der Waals surface area contributed by atoms with Crippen molar-refractivity contribution in [1.29, 1.82) is 5.41 Å². The Labute approximate surface area is 103 Å². The molecule has 0 radical (unpaired) electrons. The molecule has 0 saturated heterocycles. The molecule has 3 N–H and O–H groups in total. The smallest absolute Gasteiger partial charge is 0.413 e. The van der Waals surface area contributed by atoms with Gasteiger partial charge in [-0.2, -0.15) is 5.10 Å². The number of rotatable bonds is 2. The Morgan fingerprint density at radius 1 is 1.53 bits per heavy atom. The highest BCUT2D eigenvalue weighted by Crippen LogP contribution is 2.11. The van der Waals surface area contributed by atoms with E-state index in [4.69, 9.17) is 17.0 Å². The van der Waals surface area contributed by atoms with Crippen molar-refractivity contribution in [2.24, 2.45) is 5.10 Å². The van der Waals surface area contributed by atoms with Crippen LogP contribution in [0.3, 0.4) is 0 Å². The van der Waals surface area contributed by atoms with Gasteiger partial charge in [-0.1, -0.05) is 29.8 Å². The van der Waals surface area contributed by atoms with Gasteiger partial charge in [-0.15, -0.1) is 0 Å². The lowest BCUT2D eigenvalue weighted by molar-refractivity contribution is 0.176. The number of hydrogen-bond donors (Lipinski definition) is 3. The number of hydrazone groups is 1. The van der Waals surface area contributed by atoms with Gasteiger partial charge in [0.15, 0.2) is 0 Å². The number of guanidine groups is 1. The Morgan fingerprint density at radius 2 is 2.24 bits per heavy atom. The zero-order chi connectivity index (χ0) is 12.7. The molecule has 1 aromatic carbocycles. The summed E-state index contributed by atoms with van der Waals surface area (Å²) in [5.74, 6) is -0.292. The van der Waals surface area contributed by atoms with Crippen LogP contribution < -0.4 is 10.7 Å². The van der Waals surface area contributed by atoms with Crippen LogP contribution in [0.4, 0.5) is 4.79 Å².